The van der Waals surface area contributed by atoms with Crippen LogP contribution in [0.25, 0.3) is 0 Å². The summed E-state index contributed by atoms with van der Waals surface area (Å²) in [5, 5.41) is 0. The second kappa shape index (κ2) is 8.93. The first-order valence-corrected chi connectivity index (χ1v) is 4.16. The van der Waals surface area contributed by atoms with Crippen molar-refractivity contribution in [3.05, 3.63) is 0 Å². The summed E-state index contributed by atoms with van der Waals surface area (Å²) in [6, 6.07) is 0.321. The van der Waals surface area contributed by atoms with Gasteiger partial charge in [0.25, 0.3) is 0 Å². The molecule has 4 nitrogen and oxygen atoms in total. The van der Waals surface area contributed by atoms with Crippen molar-refractivity contribution in [2.45, 2.75) is 19.4 Å². The van der Waals surface area contributed by atoms with E-state index in [-0.39, 0.29) is 0 Å². The van der Waals surface area contributed by atoms with Gasteiger partial charge in [-0.25, -0.2) is 0 Å². The third-order valence-corrected chi connectivity index (χ3v) is 1.43. The van der Waals surface area contributed by atoms with Crippen LogP contribution in [0.15, 0.2) is 0 Å². The van der Waals surface area contributed by atoms with Crippen LogP contribution < -0.4 is 5.48 Å². The molecule has 0 heterocycles. The number of rotatable bonds is 8. The lowest BCUT2D eigenvalue weighted by Gasteiger charge is -2.12. The topological polar surface area (TPSA) is 39.7 Å². The predicted molar refractivity (Wildman–Crippen MR) is 46.9 cm³/mol. The van der Waals surface area contributed by atoms with Crippen molar-refractivity contribution < 1.29 is 14.3 Å². The molecule has 1 N–H and O–H groups in total. The molecule has 0 aromatic rings. The van der Waals surface area contributed by atoms with Gasteiger partial charge in [0.1, 0.15) is 0 Å². The van der Waals surface area contributed by atoms with E-state index in [0.29, 0.717) is 19.3 Å². The van der Waals surface area contributed by atoms with Crippen LogP contribution in [-0.2, 0) is 14.3 Å². The zero-order valence-electron chi connectivity index (χ0n) is 8.13. The second-order valence-electron chi connectivity index (χ2n) is 2.64. The molecule has 74 valence electrons. The fourth-order valence-electron chi connectivity index (χ4n) is 0.680. The van der Waals surface area contributed by atoms with Crippen LogP contribution in [0.4, 0.5) is 0 Å². The van der Waals surface area contributed by atoms with Gasteiger partial charge < -0.3 is 9.47 Å². The molecule has 0 aliphatic carbocycles. The van der Waals surface area contributed by atoms with Crippen molar-refractivity contribution in [3.8, 4) is 0 Å². The van der Waals surface area contributed by atoms with Gasteiger partial charge in [0.15, 0.2) is 0 Å². The van der Waals surface area contributed by atoms with Gasteiger partial charge >= 0.3 is 0 Å². The first-order valence-electron chi connectivity index (χ1n) is 4.16. The zero-order chi connectivity index (χ0) is 9.23. The Hall–Kier alpha value is -0.160. The van der Waals surface area contributed by atoms with Gasteiger partial charge in [0.2, 0.25) is 0 Å². The van der Waals surface area contributed by atoms with Crippen LogP contribution in [-0.4, -0.2) is 40.1 Å². The lowest BCUT2D eigenvalue weighted by atomic mass is 10.3. The summed E-state index contributed by atoms with van der Waals surface area (Å²) in [4.78, 5) is 5.10. The molecule has 0 saturated heterocycles. The Labute approximate surface area is 74.1 Å². The van der Waals surface area contributed by atoms with E-state index in [1.807, 2.05) is 6.92 Å². The molecule has 0 rings (SSSR count). The minimum atomic E-state index is 0.321. The number of hydrogen-bond donors (Lipinski definition) is 1. The largest absolute Gasteiger partial charge is 0.385 e. The summed E-state index contributed by atoms with van der Waals surface area (Å²) >= 11 is 0. The van der Waals surface area contributed by atoms with Crippen LogP contribution in [0, 0.1) is 0 Å². The molecule has 0 amide bonds. The van der Waals surface area contributed by atoms with Crippen LogP contribution in [0.1, 0.15) is 13.3 Å². The van der Waals surface area contributed by atoms with Gasteiger partial charge in [-0.15, -0.1) is 0 Å². The van der Waals surface area contributed by atoms with Crippen LogP contribution >= 0.6 is 0 Å². The monoisotopic (exact) mass is 177 g/mol. The fraction of sp³-hybridized carbons (Fsp3) is 1.00. The summed E-state index contributed by atoms with van der Waals surface area (Å²) in [6.07, 6.45) is 0.948. The highest BCUT2D eigenvalue weighted by Gasteiger charge is 1.99. The number of nitrogens with one attached hydrogen (secondary N) is 1. The molecule has 12 heavy (non-hydrogen) atoms. The molecule has 0 spiro atoms. The number of ether oxygens (including phenoxy) is 2. The normalized spacial score (nSPS) is 13.2. The molecule has 1 atom stereocenters. The van der Waals surface area contributed by atoms with Gasteiger partial charge in [-0.1, -0.05) is 0 Å². The second-order valence-corrected chi connectivity index (χ2v) is 2.64. The van der Waals surface area contributed by atoms with E-state index in [2.05, 4.69) is 5.48 Å². The molecule has 0 radical (unpaired) electrons. The van der Waals surface area contributed by atoms with Crippen molar-refractivity contribution in [3.63, 3.8) is 0 Å². The van der Waals surface area contributed by atoms with E-state index in [0.717, 1.165) is 13.0 Å². The van der Waals surface area contributed by atoms with Crippen molar-refractivity contribution >= 4 is 0 Å². The standard InChI is InChI=1S/C8H19NO3/c1-8(4-5-10-2)9-12-7-6-11-3/h8-9H,4-7H2,1-3H3. The number of hydrogen-bond acceptors (Lipinski definition) is 4. The summed E-state index contributed by atoms with van der Waals surface area (Å²) in [7, 11) is 3.34. The van der Waals surface area contributed by atoms with Gasteiger partial charge in [0.05, 0.1) is 13.2 Å². The van der Waals surface area contributed by atoms with Crippen molar-refractivity contribution in [2.75, 3.05) is 34.0 Å². The highest BCUT2D eigenvalue weighted by Crippen LogP contribution is 1.89. The number of methoxy groups -OCH3 is 2. The summed E-state index contributed by atoms with van der Waals surface area (Å²) in [5.41, 5.74) is 2.89. The lowest BCUT2D eigenvalue weighted by Crippen LogP contribution is -2.28. The Kier molecular flexibility index (Phi) is 8.81. The zero-order valence-corrected chi connectivity index (χ0v) is 8.13. The molecule has 0 aromatic heterocycles. The van der Waals surface area contributed by atoms with E-state index in [1.54, 1.807) is 14.2 Å². The minimum Gasteiger partial charge on any atom is -0.385 e. The minimum absolute atomic E-state index is 0.321. The highest BCUT2D eigenvalue weighted by atomic mass is 16.7. The SMILES string of the molecule is COCCONC(C)CCOC. The van der Waals surface area contributed by atoms with Crippen molar-refractivity contribution in [1.29, 1.82) is 0 Å². The predicted octanol–water partition coefficient (Wildman–Crippen LogP) is 0.579. The Morgan fingerprint density at radius 1 is 1.08 bits per heavy atom. The van der Waals surface area contributed by atoms with Crippen molar-refractivity contribution in [1.82, 2.24) is 5.48 Å². The summed E-state index contributed by atoms with van der Waals surface area (Å²) in [5.74, 6) is 0. The van der Waals surface area contributed by atoms with E-state index in [4.69, 9.17) is 14.3 Å². The van der Waals surface area contributed by atoms with Crippen LogP contribution in [0.5, 0.6) is 0 Å². The smallest absolute Gasteiger partial charge is 0.0915 e. The molecular weight excluding hydrogens is 158 g/mol. The Balaban J connectivity index is 3.02. The molecule has 0 saturated carbocycles. The van der Waals surface area contributed by atoms with Gasteiger partial charge in [0, 0.05) is 26.9 Å². The maximum Gasteiger partial charge on any atom is 0.0915 e. The van der Waals surface area contributed by atoms with E-state index < -0.39 is 0 Å². The molecule has 0 fully saturated rings. The highest BCUT2D eigenvalue weighted by molar-refractivity contribution is 4.52. The third kappa shape index (κ3) is 7.94. The van der Waals surface area contributed by atoms with Gasteiger partial charge in [-0.3, -0.25) is 4.84 Å². The quantitative estimate of drug-likeness (QED) is 0.435. The van der Waals surface area contributed by atoms with Crippen LogP contribution in [0.2, 0.25) is 0 Å². The van der Waals surface area contributed by atoms with Gasteiger partial charge in [-0.05, 0) is 13.3 Å². The summed E-state index contributed by atoms with van der Waals surface area (Å²) < 4.78 is 9.73. The maximum absolute atomic E-state index is 5.10. The third-order valence-electron chi connectivity index (χ3n) is 1.43. The first kappa shape index (κ1) is 11.8. The molecule has 4 heteroatoms. The Bertz CT molecular complexity index is 90.4. The fourth-order valence-corrected chi connectivity index (χ4v) is 0.680. The maximum atomic E-state index is 5.10. The van der Waals surface area contributed by atoms with Crippen molar-refractivity contribution in [2.24, 2.45) is 0 Å². The Morgan fingerprint density at radius 3 is 2.33 bits per heavy atom. The average molecular weight is 177 g/mol. The molecule has 1 unspecified atom stereocenters. The Morgan fingerprint density at radius 2 is 1.75 bits per heavy atom. The number of hydroxylamine groups is 1. The molecule has 0 aliphatic heterocycles. The molecule has 0 aliphatic rings. The summed E-state index contributed by atoms with van der Waals surface area (Å²) in [6.45, 7) is 3.99. The average Bonchev–Trinajstić information content (AvgIpc) is 2.09. The lowest BCUT2D eigenvalue weighted by molar-refractivity contribution is -0.0135. The molecule has 0 bridgehead atoms. The molecule has 0 aromatic carbocycles. The van der Waals surface area contributed by atoms with E-state index in [9.17, 15) is 0 Å². The first-order chi connectivity index (χ1) is 5.81. The van der Waals surface area contributed by atoms with E-state index >= 15 is 0 Å². The van der Waals surface area contributed by atoms with Gasteiger partial charge in [-0.2, -0.15) is 5.48 Å². The van der Waals surface area contributed by atoms with Crippen LogP contribution in [0.3, 0.4) is 0 Å². The van der Waals surface area contributed by atoms with E-state index in [1.165, 1.54) is 0 Å². The molecular formula is C8H19NO3.